The van der Waals surface area contributed by atoms with Crippen LogP contribution in [0.2, 0.25) is 0 Å². The number of benzene rings is 3. The lowest BCUT2D eigenvalue weighted by molar-refractivity contribution is -0.153. The standard InChI is InChI=1S/C45H45NO10S/c47-32-13-3-28(4-14-32)7-25-41(49)53-34-17-9-30(10-18-34)44(51)55-38-23-24-39(43-36(38)21-22-37(46-43)40-2-1-27-57-40)56-45(52)31-11-19-35(20-12-31)54-42(50)26-8-29-5-15-33(48)16-6-29/h1-6,13-16,21-24,27,30-31,34-35,47-48H,7-12,17-20,25-26H2/t30-,31-,34-,35-. The fraction of sp³-hybridized carbons (Fsp3) is 0.356. The van der Waals surface area contributed by atoms with Crippen molar-refractivity contribution in [2.75, 3.05) is 0 Å². The number of esters is 4. The molecule has 2 aliphatic rings. The van der Waals surface area contributed by atoms with Gasteiger partial charge in [0.1, 0.15) is 35.0 Å². The highest BCUT2D eigenvalue weighted by atomic mass is 32.1. The minimum atomic E-state index is -0.390. The van der Waals surface area contributed by atoms with Crippen molar-refractivity contribution in [2.45, 2.75) is 89.3 Å². The van der Waals surface area contributed by atoms with E-state index in [9.17, 15) is 29.4 Å². The monoisotopic (exact) mass is 791 g/mol. The summed E-state index contributed by atoms with van der Waals surface area (Å²) in [7, 11) is 0. The number of nitrogens with zero attached hydrogens (tertiary/aromatic N) is 1. The summed E-state index contributed by atoms with van der Waals surface area (Å²) in [6.45, 7) is 0. The average molecular weight is 792 g/mol. The number of hydrogen-bond acceptors (Lipinski definition) is 12. The number of carbonyl (C=O) groups is 4. The van der Waals surface area contributed by atoms with Crippen molar-refractivity contribution < 1.29 is 48.3 Å². The summed E-state index contributed by atoms with van der Waals surface area (Å²) in [5, 5.41) is 21.4. The molecule has 0 saturated heterocycles. The van der Waals surface area contributed by atoms with Gasteiger partial charge in [0.05, 0.1) is 22.4 Å². The number of aryl methyl sites for hydroxylation is 2. The zero-order chi connectivity index (χ0) is 39.7. The van der Waals surface area contributed by atoms with Crippen LogP contribution in [0.5, 0.6) is 23.0 Å². The first-order valence-electron chi connectivity index (χ1n) is 19.5. The molecule has 5 aromatic rings. The molecule has 2 heterocycles. The van der Waals surface area contributed by atoms with Gasteiger partial charge in [-0.25, -0.2) is 4.98 Å². The summed E-state index contributed by atoms with van der Waals surface area (Å²) in [4.78, 5) is 57.8. The molecule has 12 heteroatoms. The van der Waals surface area contributed by atoms with Gasteiger partial charge in [0.25, 0.3) is 0 Å². The number of pyridine rings is 1. The van der Waals surface area contributed by atoms with E-state index >= 15 is 0 Å². The molecule has 0 radical (unpaired) electrons. The lowest BCUT2D eigenvalue weighted by Gasteiger charge is -2.27. The van der Waals surface area contributed by atoms with Crippen LogP contribution in [0, 0.1) is 11.8 Å². The third-order valence-corrected chi connectivity index (χ3v) is 11.6. The van der Waals surface area contributed by atoms with E-state index in [0.29, 0.717) is 86.6 Å². The van der Waals surface area contributed by atoms with Crippen molar-refractivity contribution in [2.24, 2.45) is 11.8 Å². The molecule has 2 aromatic heterocycles. The molecular formula is C45H45NO10S. The molecule has 57 heavy (non-hydrogen) atoms. The van der Waals surface area contributed by atoms with E-state index in [-0.39, 0.29) is 78.0 Å². The Hall–Kier alpha value is -5.75. The fourth-order valence-electron chi connectivity index (χ4n) is 7.42. The summed E-state index contributed by atoms with van der Waals surface area (Å²) in [6.07, 6.45) is 5.23. The quantitative estimate of drug-likeness (QED) is 0.0868. The zero-order valence-corrected chi connectivity index (χ0v) is 32.3. The maximum absolute atomic E-state index is 13.5. The Morgan fingerprint density at radius 2 is 1.09 bits per heavy atom. The summed E-state index contributed by atoms with van der Waals surface area (Å²) in [5.74, 6) is -1.15. The van der Waals surface area contributed by atoms with E-state index in [1.54, 1.807) is 60.7 Å². The van der Waals surface area contributed by atoms with Crippen molar-refractivity contribution >= 4 is 46.1 Å². The molecule has 0 bridgehead atoms. The molecule has 2 aliphatic carbocycles. The Kier molecular flexibility index (Phi) is 12.8. The topological polar surface area (TPSA) is 159 Å². The van der Waals surface area contributed by atoms with Crippen LogP contribution >= 0.6 is 11.3 Å². The second-order valence-corrected chi connectivity index (χ2v) is 15.7. The van der Waals surface area contributed by atoms with Gasteiger partial charge in [-0.05, 0) is 135 Å². The van der Waals surface area contributed by atoms with Crippen LogP contribution in [0.15, 0.2) is 90.3 Å². The highest BCUT2D eigenvalue weighted by Gasteiger charge is 2.32. The van der Waals surface area contributed by atoms with Crippen LogP contribution in [0.4, 0.5) is 0 Å². The van der Waals surface area contributed by atoms with E-state index in [1.807, 2.05) is 29.6 Å². The number of phenols is 2. The van der Waals surface area contributed by atoms with Gasteiger partial charge in [0.15, 0.2) is 5.75 Å². The van der Waals surface area contributed by atoms with Gasteiger partial charge in [-0.2, -0.15) is 0 Å². The summed E-state index contributed by atoms with van der Waals surface area (Å²) in [5.41, 5.74) is 2.97. The van der Waals surface area contributed by atoms with E-state index in [4.69, 9.17) is 23.9 Å². The highest BCUT2D eigenvalue weighted by Crippen LogP contribution is 2.38. The Morgan fingerprint density at radius 3 is 1.58 bits per heavy atom. The van der Waals surface area contributed by atoms with E-state index in [2.05, 4.69) is 0 Å². The van der Waals surface area contributed by atoms with Crippen LogP contribution in [-0.2, 0) is 41.5 Å². The Bertz CT molecular complexity index is 2170. The average Bonchev–Trinajstić information content (AvgIpc) is 3.77. The molecule has 0 atom stereocenters. The predicted octanol–water partition coefficient (Wildman–Crippen LogP) is 8.65. The zero-order valence-electron chi connectivity index (χ0n) is 31.5. The molecule has 0 unspecified atom stereocenters. The lowest BCUT2D eigenvalue weighted by atomic mass is 9.87. The van der Waals surface area contributed by atoms with Crippen LogP contribution in [-0.4, -0.2) is 51.3 Å². The number of ether oxygens (including phenoxy) is 4. The molecule has 0 amide bonds. The number of aromatic nitrogens is 1. The molecule has 2 saturated carbocycles. The molecule has 2 N–H and O–H groups in total. The molecule has 3 aromatic carbocycles. The van der Waals surface area contributed by atoms with Crippen molar-refractivity contribution in [3.63, 3.8) is 0 Å². The largest absolute Gasteiger partial charge is 0.508 e. The number of rotatable bonds is 13. The number of aromatic hydroxyl groups is 2. The number of carbonyl (C=O) groups excluding carboxylic acids is 4. The lowest BCUT2D eigenvalue weighted by Crippen LogP contribution is -2.30. The number of hydrogen-bond donors (Lipinski definition) is 2. The van der Waals surface area contributed by atoms with Gasteiger partial charge < -0.3 is 29.2 Å². The maximum atomic E-state index is 13.5. The van der Waals surface area contributed by atoms with Gasteiger partial charge in [-0.3, -0.25) is 19.2 Å². The number of thiophene rings is 1. The van der Waals surface area contributed by atoms with Crippen LogP contribution in [0.1, 0.15) is 75.3 Å². The van der Waals surface area contributed by atoms with Crippen molar-refractivity contribution in [1.29, 1.82) is 0 Å². The van der Waals surface area contributed by atoms with E-state index in [0.717, 1.165) is 16.0 Å². The third-order valence-electron chi connectivity index (χ3n) is 10.7. The predicted molar refractivity (Wildman–Crippen MR) is 213 cm³/mol. The van der Waals surface area contributed by atoms with E-state index in [1.165, 1.54) is 11.3 Å². The summed E-state index contributed by atoms with van der Waals surface area (Å²) < 4.78 is 23.4. The van der Waals surface area contributed by atoms with Gasteiger partial charge >= 0.3 is 23.9 Å². The van der Waals surface area contributed by atoms with Crippen LogP contribution in [0.3, 0.4) is 0 Å². The van der Waals surface area contributed by atoms with Crippen molar-refractivity contribution in [3.05, 3.63) is 101 Å². The van der Waals surface area contributed by atoms with E-state index < -0.39 is 0 Å². The Morgan fingerprint density at radius 1 is 0.596 bits per heavy atom. The molecule has 0 spiro atoms. The molecule has 7 rings (SSSR count). The highest BCUT2D eigenvalue weighted by molar-refractivity contribution is 7.13. The first kappa shape index (κ1) is 39.5. The second-order valence-electron chi connectivity index (χ2n) is 14.7. The first-order chi connectivity index (χ1) is 27.7. The minimum Gasteiger partial charge on any atom is -0.508 e. The number of phenolic OH excluding ortho intramolecular Hbond substituents is 2. The second kappa shape index (κ2) is 18.5. The summed E-state index contributed by atoms with van der Waals surface area (Å²) in [6, 6.07) is 24.3. The summed E-state index contributed by atoms with van der Waals surface area (Å²) >= 11 is 1.53. The molecule has 296 valence electrons. The normalized spacial score (nSPS) is 19.4. The van der Waals surface area contributed by atoms with Gasteiger partial charge in [0, 0.05) is 18.2 Å². The SMILES string of the molecule is O=C(CCc1ccc(O)cc1)O[C@H]1CC[C@H](C(=O)Oc2ccc(OC(=O)[C@H]3CC[C@H](OC(=O)CCc4ccc(O)cc4)CC3)c3nc(-c4cccs4)ccc23)CC1. The fourth-order valence-corrected chi connectivity index (χ4v) is 8.12. The molecule has 0 aliphatic heterocycles. The van der Waals surface area contributed by atoms with Crippen molar-refractivity contribution in [3.8, 4) is 33.6 Å². The molecule has 2 fully saturated rings. The Labute approximate surface area is 334 Å². The van der Waals surface area contributed by atoms with Gasteiger partial charge in [0.2, 0.25) is 0 Å². The molecular weight excluding hydrogens is 747 g/mol. The smallest absolute Gasteiger partial charge is 0.314 e. The Balaban J connectivity index is 0.936. The third kappa shape index (κ3) is 10.6. The van der Waals surface area contributed by atoms with Crippen LogP contribution < -0.4 is 9.47 Å². The van der Waals surface area contributed by atoms with Gasteiger partial charge in [-0.15, -0.1) is 11.3 Å². The maximum Gasteiger partial charge on any atom is 0.314 e. The van der Waals surface area contributed by atoms with Crippen LogP contribution in [0.25, 0.3) is 21.5 Å². The first-order valence-corrected chi connectivity index (χ1v) is 20.4. The number of fused-ring (bicyclic) bond motifs is 1. The van der Waals surface area contributed by atoms with Crippen molar-refractivity contribution in [1.82, 2.24) is 4.98 Å². The van der Waals surface area contributed by atoms with Gasteiger partial charge in [-0.1, -0.05) is 30.3 Å². The minimum absolute atomic E-state index is 0.176. The molecule has 11 nitrogen and oxygen atoms in total.